The van der Waals surface area contributed by atoms with Gasteiger partial charge < -0.3 is 15.3 Å². The second kappa shape index (κ2) is 43.1. The van der Waals surface area contributed by atoms with Gasteiger partial charge in [-0.2, -0.15) is 37.9 Å². The van der Waals surface area contributed by atoms with Crippen molar-refractivity contribution < 1.29 is 15.3 Å². The number of thiol groups is 3. The molecule has 107 valence electrons. The van der Waals surface area contributed by atoms with Crippen LogP contribution < -0.4 is 0 Å². The van der Waals surface area contributed by atoms with Crippen LogP contribution in [0.4, 0.5) is 0 Å². The minimum Gasteiger partial charge on any atom is -0.396 e. The first-order valence-electron chi connectivity index (χ1n) is 5.46. The van der Waals surface area contributed by atoms with Crippen LogP contribution in [0.15, 0.2) is 0 Å². The Hall–Kier alpha value is 1.73. The molecule has 0 unspecified atom stereocenters. The van der Waals surface area contributed by atoms with Crippen molar-refractivity contribution in [1.82, 2.24) is 0 Å². The molecule has 0 aliphatic carbocycles. The summed E-state index contributed by atoms with van der Waals surface area (Å²) in [6.45, 7) is 2.78. The van der Waals surface area contributed by atoms with Crippen molar-refractivity contribution in [3.63, 3.8) is 0 Å². The number of unbranched alkanes of at least 4 members (excludes halogenated alkanes) is 1. The van der Waals surface area contributed by atoms with Crippen LogP contribution in [0.5, 0.6) is 0 Å². The Labute approximate surface area is 136 Å². The van der Waals surface area contributed by atoms with Crippen molar-refractivity contribution in [2.45, 2.75) is 24.2 Å². The summed E-state index contributed by atoms with van der Waals surface area (Å²) in [5, 5.41) is 23.4. The van der Waals surface area contributed by atoms with Gasteiger partial charge in [-0.15, -0.1) is 0 Å². The van der Waals surface area contributed by atoms with Gasteiger partial charge >= 0.3 is 46.7 Å². The third kappa shape index (κ3) is 96.9. The molecule has 0 rings (SSSR count). The zero-order chi connectivity index (χ0) is 14.4. The van der Waals surface area contributed by atoms with Gasteiger partial charge in [0.25, 0.3) is 0 Å². The van der Waals surface area contributed by atoms with Gasteiger partial charge in [0.15, 0.2) is 0 Å². The van der Waals surface area contributed by atoms with E-state index in [1.807, 2.05) is 0 Å². The minimum absolute atomic E-state index is 0.184. The fourth-order valence-electron chi connectivity index (χ4n) is 0.177. The molecule has 3 N–H and O–H groups in total. The SMILES string of the molecule is CCC[CH2][Sn].OCCS.OCCS.OCCS. The summed E-state index contributed by atoms with van der Waals surface area (Å²) in [7, 11) is 0. The van der Waals surface area contributed by atoms with E-state index >= 15 is 0 Å². The van der Waals surface area contributed by atoms with Crippen LogP contribution in [0.3, 0.4) is 0 Å². The van der Waals surface area contributed by atoms with Gasteiger partial charge in [-0.05, 0) is 0 Å². The van der Waals surface area contributed by atoms with Crippen LogP contribution in [0, 0.1) is 0 Å². The second-order valence-electron chi connectivity index (χ2n) is 2.45. The standard InChI is InChI=1S/C4H9.3C2H6OS.Sn/c1-3-4-2;3*3-1-2-4;/h1,3-4H2,2H3;3*3-4H,1-2H2;. The van der Waals surface area contributed by atoms with E-state index in [2.05, 4.69) is 44.8 Å². The molecule has 3 radical (unpaired) electrons. The number of hydrogen-bond donors (Lipinski definition) is 6. The molecule has 0 aromatic carbocycles. The molecular weight excluding hydrogens is 383 g/mol. The van der Waals surface area contributed by atoms with Crippen LogP contribution >= 0.6 is 37.9 Å². The van der Waals surface area contributed by atoms with Gasteiger partial charge in [0, 0.05) is 17.3 Å². The molecule has 0 amide bonds. The maximum absolute atomic E-state index is 7.80. The zero-order valence-electron chi connectivity index (χ0n) is 10.5. The molecule has 0 fully saturated rings. The molecule has 0 heterocycles. The summed E-state index contributed by atoms with van der Waals surface area (Å²) in [5.41, 5.74) is 0. The van der Waals surface area contributed by atoms with Crippen LogP contribution in [-0.2, 0) is 0 Å². The quantitative estimate of drug-likeness (QED) is 0.304. The Kier molecular flexibility index (Phi) is 68.8. The normalized spacial score (nSPS) is 7.76. The number of rotatable bonds is 5. The Morgan fingerprint density at radius 1 is 0.824 bits per heavy atom. The molecule has 0 aliphatic heterocycles. The van der Waals surface area contributed by atoms with E-state index in [4.69, 9.17) is 15.3 Å². The maximum Gasteiger partial charge on any atom is 0.0519 e. The van der Waals surface area contributed by atoms with Crippen LogP contribution in [-0.4, -0.2) is 74.9 Å². The third-order valence-corrected chi connectivity index (χ3v) is 2.44. The van der Waals surface area contributed by atoms with Gasteiger partial charge in [-0.1, -0.05) is 0 Å². The van der Waals surface area contributed by atoms with Gasteiger partial charge in [0.2, 0.25) is 0 Å². The summed E-state index contributed by atoms with van der Waals surface area (Å²) < 4.78 is 1.43. The van der Waals surface area contributed by atoms with Crippen molar-refractivity contribution in [1.29, 1.82) is 0 Å². The van der Waals surface area contributed by atoms with Crippen molar-refractivity contribution in [2.24, 2.45) is 0 Å². The van der Waals surface area contributed by atoms with E-state index < -0.39 is 0 Å². The van der Waals surface area contributed by atoms with Gasteiger partial charge in [-0.3, -0.25) is 0 Å². The molecule has 0 aromatic heterocycles. The van der Waals surface area contributed by atoms with Crippen LogP contribution in [0.25, 0.3) is 0 Å². The Bertz CT molecular complexity index is 66.3. The Morgan fingerprint density at radius 3 is 1.06 bits per heavy atom. The summed E-state index contributed by atoms with van der Waals surface area (Å²) in [4.78, 5) is 0. The summed E-state index contributed by atoms with van der Waals surface area (Å²) in [6, 6.07) is 0. The van der Waals surface area contributed by atoms with Crippen molar-refractivity contribution in [3.05, 3.63) is 0 Å². The predicted molar refractivity (Wildman–Crippen MR) is 88.3 cm³/mol. The Morgan fingerprint density at radius 2 is 1.06 bits per heavy atom. The number of aliphatic hydroxyl groups is 3. The summed E-state index contributed by atoms with van der Waals surface area (Å²) in [6.07, 6.45) is 2.80. The summed E-state index contributed by atoms with van der Waals surface area (Å²) in [5.74, 6) is 1.71. The molecule has 0 saturated carbocycles. The average molecular weight is 410 g/mol. The maximum atomic E-state index is 7.80. The van der Waals surface area contributed by atoms with Crippen molar-refractivity contribution >= 4 is 60.4 Å². The molecule has 0 bridgehead atoms. The molecule has 0 aliphatic rings. The van der Waals surface area contributed by atoms with Crippen LogP contribution in [0.1, 0.15) is 19.8 Å². The smallest absolute Gasteiger partial charge is 0.0519 e. The first kappa shape index (κ1) is 27.1. The topological polar surface area (TPSA) is 60.7 Å². The molecule has 17 heavy (non-hydrogen) atoms. The largest absolute Gasteiger partial charge is 0.396 e. The fraction of sp³-hybridized carbons (Fsp3) is 1.00. The third-order valence-electron chi connectivity index (χ3n) is 0.830. The van der Waals surface area contributed by atoms with E-state index in [-0.39, 0.29) is 19.8 Å². The number of aliphatic hydroxyl groups excluding tert-OH is 3. The van der Waals surface area contributed by atoms with E-state index in [1.165, 1.54) is 17.3 Å². The van der Waals surface area contributed by atoms with Gasteiger partial charge in [0.05, 0.1) is 19.8 Å². The second-order valence-corrected chi connectivity index (χ2v) is 5.21. The monoisotopic (exact) mass is 411 g/mol. The first-order chi connectivity index (χ1) is 8.16. The van der Waals surface area contributed by atoms with Crippen LogP contribution in [0.2, 0.25) is 4.44 Å². The molecule has 0 saturated heterocycles. The van der Waals surface area contributed by atoms with E-state index in [1.54, 1.807) is 22.5 Å². The average Bonchev–Trinajstić information content (AvgIpc) is 2.40. The van der Waals surface area contributed by atoms with Gasteiger partial charge in [-0.25, -0.2) is 0 Å². The molecular formula is C10H27O3S3Sn. The van der Waals surface area contributed by atoms with Gasteiger partial charge in [0.1, 0.15) is 0 Å². The van der Waals surface area contributed by atoms with E-state index in [0.717, 1.165) is 0 Å². The molecule has 0 atom stereocenters. The number of hydrogen-bond acceptors (Lipinski definition) is 6. The Balaban J connectivity index is -0.0000000667. The van der Waals surface area contributed by atoms with Crippen molar-refractivity contribution in [2.75, 3.05) is 37.1 Å². The van der Waals surface area contributed by atoms with E-state index in [9.17, 15) is 0 Å². The fourth-order valence-corrected chi connectivity index (χ4v) is 1.19. The van der Waals surface area contributed by atoms with E-state index in [0.29, 0.717) is 17.3 Å². The molecule has 7 heteroatoms. The van der Waals surface area contributed by atoms with Crippen molar-refractivity contribution in [3.8, 4) is 0 Å². The molecule has 0 spiro atoms. The predicted octanol–water partition coefficient (Wildman–Crippen LogP) is 1.10. The summed E-state index contributed by atoms with van der Waals surface area (Å²) >= 11 is 12.7. The molecule has 0 aromatic rings. The molecule has 3 nitrogen and oxygen atoms in total. The first-order valence-corrected chi connectivity index (χ1v) is 9.37. The zero-order valence-corrected chi connectivity index (χ0v) is 16.1. The minimum atomic E-state index is 0.184.